The number of benzene rings is 3. The summed E-state index contributed by atoms with van der Waals surface area (Å²) >= 11 is 6.19. The third-order valence-corrected chi connectivity index (χ3v) is 6.05. The van der Waals surface area contributed by atoms with Gasteiger partial charge in [0.25, 0.3) is 0 Å². The minimum absolute atomic E-state index is 0.397. The van der Waals surface area contributed by atoms with Gasteiger partial charge in [-0.15, -0.1) is 0 Å². The van der Waals surface area contributed by atoms with Crippen LogP contribution in [0.15, 0.2) is 72.8 Å². The SMILES string of the molecule is CCCCCCCCCCOc1ccc(C(=O)Oc2ccc(Cl)cc2Cc2ccccc2)cc1. The molecule has 0 heterocycles. The molecule has 0 saturated carbocycles. The summed E-state index contributed by atoms with van der Waals surface area (Å²) in [5.41, 5.74) is 2.48. The molecule has 0 aromatic heterocycles. The van der Waals surface area contributed by atoms with Crippen LogP contribution in [0.4, 0.5) is 0 Å². The van der Waals surface area contributed by atoms with E-state index < -0.39 is 5.97 Å². The predicted molar refractivity (Wildman–Crippen MR) is 140 cm³/mol. The highest BCUT2D eigenvalue weighted by molar-refractivity contribution is 6.30. The van der Waals surface area contributed by atoms with Crippen LogP contribution < -0.4 is 9.47 Å². The Morgan fingerprint density at radius 3 is 2.18 bits per heavy atom. The Hall–Kier alpha value is -2.78. The van der Waals surface area contributed by atoms with Crippen molar-refractivity contribution in [3.63, 3.8) is 0 Å². The standard InChI is InChI=1S/C30H35ClO3/c1-2-3-4-5-6-7-8-12-21-33-28-18-15-25(16-19-28)30(32)34-29-20-17-27(31)23-26(29)22-24-13-10-9-11-14-24/h9-11,13-20,23H,2-8,12,21-22H2,1H3. The van der Waals surface area contributed by atoms with Crippen LogP contribution in [0.3, 0.4) is 0 Å². The highest BCUT2D eigenvalue weighted by Gasteiger charge is 2.13. The molecule has 0 radical (unpaired) electrons. The number of unbranched alkanes of at least 4 members (excludes halogenated alkanes) is 7. The van der Waals surface area contributed by atoms with Crippen molar-refractivity contribution in [2.24, 2.45) is 0 Å². The molecule has 0 N–H and O–H groups in total. The van der Waals surface area contributed by atoms with E-state index in [4.69, 9.17) is 21.1 Å². The molecule has 0 unspecified atom stereocenters. The van der Waals surface area contributed by atoms with Crippen molar-refractivity contribution in [3.8, 4) is 11.5 Å². The lowest BCUT2D eigenvalue weighted by Crippen LogP contribution is -2.10. The van der Waals surface area contributed by atoms with Crippen molar-refractivity contribution >= 4 is 17.6 Å². The Labute approximate surface area is 209 Å². The lowest BCUT2D eigenvalue weighted by atomic mass is 10.0. The zero-order valence-corrected chi connectivity index (χ0v) is 20.9. The van der Waals surface area contributed by atoms with E-state index in [-0.39, 0.29) is 0 Å². The van der Waals surface area contributed by atoms with Gasteiger partial charge in [-0.1, -0.05) is 93.8 Å². The van der Waals surface area contributed by atoms with E-state index in [1.54, 1.807) is 24.3 Å². The molecule has 3 aromatic rings. The molecule has 180 valence electrons. The number of halogens is 1. The highest BCUT2D eigenvalue weighted by Crippen LogP contribution is 2.26. The summed E-state index contributed by atoms with van der Waals surface area (Å²) in [5, 5.41) is 0.615. The van der Waals surface area contributed by atoms with E-state index in [0.29, 0.717) is 29.4 Å². The van der Waals surface area contributed by atoms with Crippen LogP contribution in [0.1, 0.15) is 79.8 Å². The summed E-state index contributed by atoms with van der Waals surface area (Å²) in [5.74, 6) is 0.898. The van der Waals surface area contributed by atoms with Crippen molar-refractivity contribution < 1.29 is 14.3 Å². The molecule has 3 nitrogen and oxygen atoms in total. The normalized spacial score (nSPS) is 10.8. The van der Waals surface area contributed by atoms with Crippen molar-refractivity contribution in [3.05, 3.63) is 94.5 Å². The fraction of sp³-hybridized carbons (Fsp3) is 0.367. The topological polar surface area (TPSA) is 35.5 Å². The average molecular weight is 479 g/mol. The quantitative estimate of drug-likeness (QED) is 0.132. The second-order valence-electron chi connectivity index (χ2n) is 8.65. The van der Waals surface area contributed by atoms with E-state index in [0.717, 1.165) is 23.3 Å². The van der Waals surface area contributed by atoms with E-state index in [1.807, 2.05) is 48.5 Å². The lowest BCUT2D eigenvalue weighted by molar-refractivity contribution is 0.0733. The molecule has 0 aliphatic rings. The van der Waals surface area contributed by atoms with Gasteiger partial charge < -0.3 is 9.47 Å². The number of hydrogen-bond acceptors (Lipinski definition) is 3. The van der Waals surface area contributed by atoms with E-state index >= 15 is 0 Å². The number of carbonyl (C=O) groups is 1. The monoisotopic (exact) mass is 478 g/mol. The Bertz CT molecular complexity index is 999. The molecule has 0 bridgehead atoms. The van der Waals surface area contributed by atoms with Crippen molar-refractivity contribution in [2.75, 3.05) is 6.61 Å². The molecule has 0 aliphatic carbocycles. The van der Waals surface area contributed by atoms with Gasteiger partial charge in [0, 0.05) is 17.0 Å². The van der Waals surface area contributed by atoms with Gasteiger partial charge in [0.2, 0.25) is 0 Å². The second-order valence-corrected chi connectivity index (χ2v) is 9.09. The van der Waals surface area contributed by atoms with Crippen LogP contribution >= 0.6 is 11.6 Å². The maximum Gasteiger partial charge on any atom is 0.343 e. The maximum atomic E-state index is 12.7. The summed E-state index contributed by atoms with van der Waals surface area (Å²) in [6.45, 7) is 2.95. The van der Waals surface area contributed by atoms with Gasteiger partial charge in [-0.05, 0) is 54.4 Å². The molecule has 0 aliphatic heterocycles. The molecular formula is C30H35ClO3. The summed E-state index contributed by atoms with van der Waals surface area (Å²) in [6.07, 6.45) is 10.8. The largest absolute Gasteiger partial charge is 0.494 e. The van der Waals surface area contributed by atoms with Crippen LogP contribution in [-0.2, 0) is 6.42 Å². The zero-order chi connectivity index (χ0) is 24.0. The van der Waals surface area contributed by atoms with Crippen molar-refractivity contribution in [2.45, 2.75) is 64.7 Å². The van der Waals surface area contributed by atoms with Crippen LogP contribution in [0.2, 0.25) is 5.02 Å². The number of carbonyl (C=O) groups excluding carboxylic acids is 1. The molecular weight excluding hydrogens is 444 g/mol. The lowest BCUT2D eigenvalue weighted by Gasteiger charge is -2.11. The van der Waals surface area contributed by atoms with Gasteiger partial charge in [-0.25, -0.2) is 4.79 Å². The first-order valence-corrected chi connectivity index (χ1v) is 12.8. The molecule has 0 atom stereocenters. The van der Waals surface area contributed by atoms with Gasteiger partial charge in [0.1, 0.15) is 11.5 Å². The minimum atomic E-state index is -0.397. The third kappa shape index (κ3) is 8.87. The molecule has 34 heavy (non-hydrogen) atoms. The second kappa shape index (κ2) is 14.5. The predicted octanol–water partition coefficient (Wildman–Crippen LogP) is 8.67. The summed E-state index contributed by atoms with van der Waals surface area (Å²) in [4.78, 5) is 12.7. The first-order valence-electron chi connectivity index (χ1n) is 12.4. The van der Waals surface area contributed by atoms with Gasteiger partial charge in [-0.3, -0.25) is 0 Å². The summed E-state index contributed by atoms with van der Waals surface area (Å²) < 4.78 is 11.6. The molecule has 3 aromatic carbocycles. The Morgan fingerprint density at radius 1 is 0.794 bits per heavy atom. The smallest absolute Gasteiger partial charge is 0.343 e. The summed E-state index contributed by atoms with van der Waals surface area (Å²) in [6, 6.07) is 22.5. The highest BCUT2D eigenvalue weighted by atomic mass is 35.5. The van der Waals surface area contributed by atoms with E-state index in [2.05, 4.69) is 6.92 Å². The first-order chi connectivity index (χ1) is 16.7. The number of rotatable bonds is 14. The molecule has 4 heteroatoms. The third-order valence-electron chi connectivity index (χ3n) is 5.82. The van der Waals surface area contributed by atoms with E-state index in [9.17, 15) is 4.79 Å². The minimum Gasteiger partial charge on any atom is -0.494 e. The fourth-order valence-electron chi connectivity index (χ4n) is 3.87. The molecule has 0 spiro atoms. The molecule has 0 amide bonds. The van der Waals surface area contributed by atoms with Crippen molar-refractivity contribution in [1.29, 1.82) is 0 Å². The van der Waals surface area contributed by atoms with Crippen LogP contribution in [0.25, 0.3) is 0 Å². The molecule has 0 fully saturated rings. The number of esters is 1. The molecule has 0 saturated heterocycles. The Kier molecular flexibility index (Phi) is 11.0. The van der Waals surface area contributed by atoms with Crippen LogP contribution in [-0.4, -0.2) is 12.6 Å². The van der Waals surface area contributed by atoms with Gasteiger partial charge >= 0.3 is 5.97 Å². The summed E-state index contributed by atoms with van der Waals surface area (Å²) in [7, 11) is 0. The molecule has 3 rings (SSSR count). The Morgan fingerprint density at radius 2 is 1.47 bits per heavy atom. The maximum absolute atomic E-state index is 12.7. The zero-order valence-electron chi connectivity index (χ0n) is 20.1. The first kappa shape index (κ1) is 25.8. The number of ether oxygens (including phenoxy) is 2. The average Bonchev–Trinajstić information content (AvgIpc) is 2.85. The Balaban J connectivity index is 1.47. The van der Waals surface area contributed by atoms with E-state index in [1.165, 1.54) is 44.9 Å². The number of hydrogen-bond donors (Lipinski definition) is 0. The van der Waals surface area contributed by atoms with Crippen LogP contribution in [0.5, 0.6) is 11.5 Å². The van der Waals surface area contributed by atoms with Crippen molar-refractivity contribution in [1.82, 2.24) is 0 Å². The van der Waals surface area contributed by atoms with Crippen LogP contribution in [0, 0.1) is 0 Å². The fourth-order valence-corrected chi connectivity index (χ4v) is 4.07. The van der Waals surface area contributed by atoms with Gasteiger partial charge in [0.15, 0.2) is 0 Å². The van der Waals surface area contributed by atoms with Gasteiger partial charge in [-0.2, -0.15) is 0 Å². The van der Waals surface area contributed by atoms with Gasteiger partial charge in [0.05, 0.1) is 12.2 Å².